The molecule has 0 fully saturated rings. The number of rotatable bonds is 7. The highest BCUT2D eigenvalue weighted by Crippen LogP contribution is 2.36. The Labute approximate surface area is 178 Å². The van der Waals surface area contributed by atoms with Crippen LogP contribution in [0.2, 0.25) is 10.0 Å². The largest absolute Gasteiger partial charge is 0.469 e. The van der Waals surface area contributed by atoms with Gasteiger partial charge in [-0.15, -0.1) is 11.8 Å². The molecule has 146 valence electrons. The highest BCUT2D eigenvalue weighted by atomic mass is 35.5. The van der Waals surface area contributed by atoms with Crippen LogP contribution in [0.3, 0.4) is 0 Å². The topological polar surface area (TPSA) is 52.3 Å². The fraction of sp³-hybridized carbons (Fsp3) is 0.238. The maximum Gasteiger partial charge on any atom is 0.305 e. The van der Waals surface area contributed by atoms with Crippen molar-refractivity contribution in [1.82, 2.24) is 4.98 Å². The van der Waals surface area contributed by atoms with E-state index in [2.05, 4.69) is 9.72 Å². The zero-order valence-corrected chi connectivity index (χ0v) is 17.8. The number of benzene rings is 2. The lowest BCUT2D eigenvalue weighted by atomic mass is 10.1. The average Bonchev–Trinajstić information content (AvgIpc) is 3.14. The number of esters is 1. The average molecular weight is 436 g/mol. The molecule has 2 aromatic carbocycles. The number of nitrogens with zero attached hydrogens (tertiary/aromatic N) is 1. The molecule has 3 rings (SSSR count). The van der Waals surface area contributed by atoms with Gasteiger partial charge in [0, 0.05) is 28.9 Å². The summed E-state index contributed by atoms with van der Waals surface area (Å²) in [6.45, 7) is 0. The maximum atomic E-state index is 11.3. The summed E-state index contributed by atoms with van der Waals surface area (Å²) in [5.41, 5.74) is 2.48. The summed E-state index contributed by atoms with van der Waals surface area (Å²) in [5.74, 6) is 0.946. The van der Waals surface area contributed by atoms with Crippen LogP contribution in [0.1, 0.15) is 18.7 Å². The molecular formula is C21H19Cl2NO3S. The van der Waals surface area contributed by atoms with Crippen LogP contribution >= 0.6 is 35.0 Å². The van der Waals surface area contributed by atoms with Gasteiger partial charge in [-0.1, -0.05) is 35.3 Å². The predicted molar refractivity (Wildman–Crippen MR) is 114 cm³/mol. The number of hydrogen-bond acceptors (Lipinski definition) is 5. The van der Waals surface area contributed by atoms with Crippen LogP contribution in [0.15, 0.2) is 51.8 Å². The van der Waals surface area contributed by atoms with E-state index in [1.165, 1.54) is 12.0 Å². The second kappa shape index (κ2) is 9.50. The normalized spacial score (nSPS) is 10.9. The smallest absolute Gasteiger partial charge is 0.305 e. The van der Waals surface area contributed by atoms with E-state index in [9.17, 15) is 4.79 Å². The quantitative estimate of drug-likeness (QED) is 0.311. The third kappa shape index (κ3) is 4.90. The summed E-state index contributed by atoms with van der Waals surface area (Å²) in [5, 5.41) is 0.931. The van der Waals surface area contributed by atoms with Gasteiger partial charge in [0.2, 0.25) is 0 Å². The number of hydrogen-bond donors (Lipinski definition) is 0. The molecule has 1 aromatic heterocycles. The number of oxazole rings is 1. The maximum absolute atomic E-state index is 11.3. The number of ether oxygens (including phenoxy) is 1. The number of halogens is 2. The molecule has 0 radical (unpaired) electrons. The van der Waals surface area contributed by atoms with Crippen LogP contribution in [-0.4, -0.2) is 24.3 Å². The van der Waals surface area contributed by atoms with Crippen LogP contribution in [0, 0.1) is 0 Å². The molecule has 0 aliphatic heterocycles. The van der Waals surface area contributed by atoms with Crippen molar-refractivity contribution >= 4 is 40.9 Å². The van der Waals surface area contributed by atoms with E-state index in [4.69, 9.17) is 27.6 Å². The molecular weight excluding hydrogens is 417 g/mol. The van der Waals surface area contributed by atoms with Crippen molar-refractivity contribution in [1.29, 1.82) is 0 Å². The summed E-state index contributed by atoms with van der Waals surface area (Å²) >= 11 is 13.9. The molecule has 0 N–H and O–H groups in total. The predicted octanol–water partition coefficient (Wildman–Crippen LogP) is 6.53. The fourth-order valence-electron chi connectivity index (χ4n) is 2.73. The first-order chi connectivity index (χ1) is 13.5. The van der Waals surface area contributed by atoms with E-state index in [0.29, 0.717) is 41.0 Å². The van der Waals surface area contributed by atoms with Gasteiger partial charge in [-0.05, 0) is 43.0 Å². The summed E-state index contributed by atoms with van der Waals surface area (Å²) in [6.07, 6.45) is 3.48. The van der Waals surface area contributed by atoms with Crippen molar-refractivity contribution in [2.45, 2.75) is 24.2 Å². The Morgan fingerprint density at radius 2 is 1.82 bits per heavy atom. The summed E-state index contributed by atoms with van der Waals surface area (Å²) < 4.78 is 10.7. The standard InChI is InChI=1S/C21H19Cl2NO3S/c1-26-19(25)5-3-4-18-24-20(13-6-9-15(28-2)10-7-13)21(27-18)14-8-11-16(22)17(23)12-14/h6-12H,3-5H2,1-2H3. The number of methoxy groups -OCH3 is 1. The van der Waals surface area contributed by atoms with E-state index >= 15 is 0 Å². The lowest BCUT2D eigenvalue weighted by Gasteiger charge is -2.04. The molecule has 0 atom stereocenters. The molecule has 0 aliphatic rings. The van der Waals surface area contributed by atoms with E-state index in [-0.39, 0.29) is 5.97 Å². The monoisotopic (exact) mass is 435 g/mol. The van der Waals surface area contributed by atoms with Gasteiger partial charge in [0.1, 0.15) is 5.69 Å². The molecule has 0 saturated heterocycles. The number of aromatic nitrogens is 1. The third-order valence-corrected chi connectivity index (χ3v) is 5.70. The minimum absolute atomic E-state index is 0.246. The molecule has 1 heterocycles. The molecule has 0 amide bonds. The number of thioether (sulfide) groups is 1. The SMILES string of the molecule is COC(=O)CCCc1nc(-c2ccc(SC)cc2)c(-c2ccc(Cl)c(Cl)c2)o1. The number of carbonyl (C=O) groups is 1. The first-order valence-electron chi connectivity index (χ1n) is 8.68. The Kier molecular flexibility index (Phi) is 7.05. The van der Waals surface area contributed by atoms with E-state index < -0.39 is 0 Å². The van der Waals surface area contributed by atoms with Gasteiger partial charge < -0.3 is 9.15 Å². The van der Waals surface area contributed by atoms with Crippen LogP contribution in [0.5, 0.6) is 0 Å². The Morgan fingerprint density at radius 1 is 1.11 bits per heavy atom. The number of aryl methyl sites for hydroxylation is 1. The first kappa shape index (κ1) is 20.8. The second-order valence-electron chi connectivity index (χ2n) is 6.07. The Bertz CT molecular complexity index is 970. The lowest BCUT2D eigenvalue weighted by molar-refractivity contribution is -0.140. The molecule has 3 aromatic rings. The van der Waals surface area contributed by atoms with E-state index in [0.717, 1.165) is 16.8 Å². The molecule has 0 saturated carbocycles. The molecule has 0 spiro atoms. The second-order valence-corrected chi connectivity index (χ2v) is 7.77. The van der Waals surface area contributed by atoms with Crippen molar-refractivity contribution in [2.75, 3.05) is 13.4 Å². The summed E-state index contributed by atoms with van der Waals surface area (Å²) in [4.78, 5) is 17.2. The summed E-state index contributed by atoms with van der Waals surface area (Å²) in [7, 11) is 1.38. The molecule has 0 unspecified atom stereocenters. The molecule has 4 nitrogen and oxygen atoms in total. The van der Waals surface area contributed by atoms with Crippen molar-refractivity contribution in [3.63, 3.8) is 0 Å². The van der Waals surface area contributed by atoms with Gasteiger partial charge in [-0.3, -0.25) is 4.79 Å². The lowest BCUT2D eigenvalue weighted by Crippen LogP contribution is -2.00. The Morgan fingerprint density at radius 3 is 2.46 bits per heavy atom. The molecule has 0 bridgehead atoms. The van der Waals surface area contributed by atoms with Crippen molar-refractivity contribution in [2.24, 2.45) is 0 Å². The van der Waals surface area contributed by atoms with Gasteiger partial charge >= 0.3 is 5.97 Å². The van der Waals surface area contributed by atoms with E-state index in [1.54, 1.807) is 23.9 Å². The van der Waals surface area contributed by atoms with Crippen LogP contribution < -0.4 is 0 Å². The molecule has 28 heavy (non-hydrogen) atoms. The fourth-order valence-corrected chi connectivity index (χ4v) is 3.44. The van der Waals surface area contributed by atoms with Gasteiger partial charge in [-0.25, -0.2) is 4.98 Å². The Balaban J connectivity index is 1.97. The molecule has 0 aliphatic carbocycles. The molecule has 7 heteroatoms. The first-order valence-corrected chi connectivity index (χ1v) is 10.7. The van der Waals surface area contributed by atoms with E-state index in [1.807, 2.05) is 36.6 Å². The van der Waals surface area contributed by atoms with Crippen molar-refractivity contribution in [3.05, 3.63) is 58.4 Å². The highest BCUT2D eigenvalue weighted by Gasteiger charge is 2.18. The van der Waals surface area contributed by atoms with Crippen LogP contribution in [0.25, 0.3) is 22.6 Å². The highest BCUT2D eigenvalue weighted by molar-refractivity contribution is 7.98. The van der Waals surface area contributed by atoms with Gasteiger partial charge in [0.15, 0.2) is 11.7 Å². The number of carbonyl (C=O) groups excluding carboxylic acids is 1. The third-order valence-electron chi connectivity index (χ3n) is 4.22. The minimum atomic E-state index is -0.246. The Hall–Kier alpha value is -1.95. The van der Waals surface area contributed by atoms with Crippen LogP contribution in [-0.2, 0) is 16.0 Å². The van der Waals surface area contributed by atoms with Gasteiger partial charge in [-0.2, -0.15) is 0 Å². The zero-order chi connectivity index (χ0) is 20.1. The van der Waals surface area contributed by atoms with Crippen molar-refractivity contribution < 1.29 is 13.9 Å². The minimum Gasteiger partial charge on any atom is -0.469 e. The summed E-state index contributed by atoms with van der Waals surface area (Å²) in [6, 6.07) is 13.5. The van der Waals surface area contributed by atoms with Gasteiger partial charge in [0.05, 0.1) is 17.2 Å². The van der Waals surface area contributed by atoms with Gasteiger partial charge in [0.25, 0.3) is 0 Å². The zero-order valence-electron chi connectivity index (χ0n) is 15.5. The van der Waals surface area contributed by atoms with Crippen LogP contribution in [0.4, 0.5) is 0 Å². The van der Waals surface area contributed by atoms with Crippen molar-refractivity contribution in [3.8, 4) is 22.6 Å².